The molecule has 1 aliphatic carbocycles. The van der Waals surface area contributed by atoms with Crippen LogP contribution in [0.1, 0.15) is 64.1 Å². The van der Waals surface area contributed by atoms with Gasteiger partial charge >= 0.3 is 5.97 Å². The molecule has 0 amide bonds. The number of hydrogen-bond donors (Lipinski definition) is 1. The number of pyridine rings is 1. The lowest BCUT2D eigenvalue weighted by Crippen LogP contribution is -2.39. The molecule has 1 saturated carbocycles. The van der Waals surface area contributed by atoms with E-state index in [0.717, 1.165) is 85.3 Å². The molecule has 1 N–H and O–H groups in total. The Morgan fingerprint density at radius 3 is 2.67 bits per heavy atom. The van der Waals surface area contributed by atoms with Gasteiger partial charge in [0, 0.05) is 72.9 Å². The first-order valence-corrected chi connectivity index (χ1v) is 14.0. The number of anilines is 1. The number of nitrogens with one attached hydrogen (secondary N) is 1. The molecule has 1 fully saturated rings. The van der Waals surface area contributed by atoms with E-state index in [-0.39, 0.29) is 11.8 Å². The van der Waals surface area contributed by atoms with Gasteiger partial charge in [-0.15, -0.1) is 0 Å². The summed E-state index contributed by atoms with van der Waals surface area (Å²) in [6.45, 7) is 8.37. The third-order valence-corrected chi connectivity index (χ3v) is 8.26. The maximum Gasteiger partial charge on any atom is 0.331 e. The Morgan fingerprint density at radius 2 is 1.95 bits per heavy atom. The molecule has 0 saturated heterocycles. The van der Waals surface area contributed by atoms with Crippen LogP contribution in [0.3, 0.4) is 0 Å². The highest BCUT2D eigenvalue weighted by atomic mass is 19.1. The number of ether oxygens (including phenoxy) is 1. The maximum absolute atomic E-state index is 14.3. The average Bonchev–Trinajstić information content (AvgIpc) is 3.20. The first-order valence-electron chi connectivity index (χ1n) is 14.0. The molecule has 0 radical (unpaired) electrons. The van der Waals surface area contributed by atoms with Gasteiger partial charge < -0.3 is 14.6 Å². The highest BCUT2D eigenvalue weighted by Gasteiger charge is 2.29. The van der Waals surface area contributed by atoms with Gasteiger partial charge in [-0.05, 0) is 88.3 Å². The zero-order valence-electron chi connectivity index (χ0n) is 23.3. The highest BCUT2D eigenvalue weighted by Crippen LogP contribution is 2.43. The molecular weight excluding hydrogens is 491 g/mol. The molecular formula is C32H37FN4O2. The van der Waals surface area contributed by atoms with Crippen molar-refractivity contribution in [3.05, 3.63) is 65.3 Å². The lowest BCUT2D eigenvalue weighted by molar-refractivity contribution is -0.148. The molecule has 6 rings (SSSR count). The second-order valence-electron chi connectivity index (χ2n) is 12.1. The number of nitrogens with zero attached hydrogens (tertiary/aromatic N) is 3. The van der Waals surface area contributed by atoms with Gasteiger partial charge in [-0.3, -0.25) is 4.90 Å². The van der Waals surface area contributed by atoms with Crippen molar-refractivity contribution < 1.29 is 13.9 Å². The van der Waals surface area contributed by atoms with Crippen molar-refractivity contribution in [2.75, 3.05) is 25.0 Å². The average molecular weight is 529 g/mol. The van der Waals surface area contributed by atoms with Crippen LogP contribution in [0, 0.1) is 5.82 Å². The summed E-state index contributed by atoms with van der Waals surface area (Å²) in [6, 6.07) is 7.59. The van der Waals surface area contributed by atoms with Crippen LogP contribution in [0.5, 0.6) is 0 Å². The number of hydrogen-bond acceptors (Lipinski definition) is 5. The normalized spacial score (nSPS) is 19.9. The van der Waals surface area contributed by atoms with Gasteiger partial charge in [-0.1, -0.05) is 11.6 Å². The van der Waals surface area contributed by atoms with E-state index in [4.69, 9.17) is 4.74 Å². The largest absolute Gasteiger partial charge is 0.457 e. The number of fused-ring (bicyclic) bond motifs is 2. The number of carbonyl (C=O) groups excluding carboxylic acids is 1. The first-order chi connectivity index (χ1) is 18.7. The predicted molar refractivity (Wildman–Crippen MR) is 154 cm³/mol. The molecule has 3 aliphatic rings. The number of H-pyrrole nitrogens is 1. The quantitative estimate of drug-likeness (QED) is 0.306. The lowest BCUT2D eigenvalue weighted by atomic mass is 9.88. The van der Waals surface area contributed by atoms with Crippen LogP contribution >= 0.6 is 0 Å². The van der Waals surface area contributed by atoms with Gasteiger partial charge in [-0.25, -0.2) is 14.2 Å². The van der Waals surface area contributed by atoms with Crippen LogP contribution in [0.4, 0.5) is 10.1 Å². The Morgan fingerprint density at radius 1 is 1.15 bits per heavy atom. The van der Waals surface area contributed by atoms with Crippen molar-refractivity contribution in [1.82, 2.24) is 14.9 Å². The minimum Gasteiger partial charge on any atom is -0.457 e. The van der Waals surface area contributed by atoms with Crippen LogP contribution in [-0.4, -0.2) is 52.6 Å². The summed E-state index contributed by atoms with van der Waals surface area (Å²) < 4.78 is 19.7. The summed E-state index contributed by atoms with van der Waals surface area (Å²) in [6.07, 6.45) is 10.9. The van der Waals surface area contributed by atoms with E-state index in [2.05, 4.69) is 32.9 Å². The molecule has 0 spiro atoms. The molecule has 6 nitrogen and oxygen atoms in total. The second kappa shape index (κ2) is 9.94. The fourth-order valence-corrected chi connectivity index (χ4v) is 6.44. The Kier molecular flexibility index (Phi) is 6.58. The molecule has 0 bridgehead atoms. The van der Waals surface area contributed by atoms with Crippen molar-refractivity contribution in [1.29, 1.82) is 0 Å². The van der Waals surface area contributed by atoms with E-state index in [1.807, 2.05) is 39.1 Å². The van der Waals surface area contributed by atoms with Crippen LogP contribution < -0.4 is 4.90 Å². The van der Waals surface area contributed by atoms with Gasteiger partial charge in [0.25, 0.3) is 0 Å². The summed E-state index contributed by atoms with van der Waals surface area (Å²) in [5.41, 5.74) is 8.32. The second-order valence-corrected chi connectivity index (χ2v) is 12.1. The summed E-state index contributed by atoms with van der Waals surface area (Å²) in [5.74, 6) is -0.451. The molecule has 3 aromatic rings. The number of halogens is 1. The summed E-state index contributed by atoms with van der Waals surface area (Å²) in [7, 11) is 2.07. The molecule has 1 aromatic carbocycles. The smallest absolute Gasteiger partial charge is 0.331 e. The highest BCUT2D eigenvalue weighted by molar-refractivity contribution is 6.02. The Hall–Kier alpha value is -3.45. The monoisotopic (exact) mass is 528 g/mol. The van der Waals surface area contributed by atoms with Crippen molar-refractivity contribution >= 4 is 28.3 Å². The molecule has 7 heteroatoms. The van der Waals surface area contributed by atoms with Crippen molar-refractivity contribution in [3.63, 3.8) is 0 Å². The van der Waals surface area contributed by atoms with E-state index < -0.39 is 5.60 Å². The summed E-state index contributed by atoms with van der Waals surface area (Å²) in [5, 5.41) is 1.10. The molecule has 204 valence electrons. The maximum atomic E-state index is 14.3. The number of aromatic nitrogens is 2. The minimum absolute atomic E-state index is 0.225. The van der Waals surface area contributed by atoms with Crippen LogP contribution in [-0.2, 0) is 16.1 Å². The topological polar surface area (TPSA) is 61.5 Å². The van der Waals surface area contributed by atoms with Crippen LogP contribution in [0.15, 0.2) is 48.2 Å². The summed E-state index contributed by atoms with van der Waals surface area (Å²) >= 11 is 0. The number of benzene rings is 1. The number of carbonyl (C=O) groups is 1. The number of rotatable bonds is 3. The van der Waals surface area contributed by atoms with E-state index in [1.54, 1.807) is 12.1 Å². The lowest BCUT2D eigenvalue weighted by Gasteiger charge is -2.37. The van der Waals surface area contributed by atoms with Gasteiger partial charge in [-0.2, -0.15) is 0 Å². The molecule has 2 aliphatic heterocycles. The molecule has 0 atom stereocenters. The van der Waals surface area contributed by atoms with E-state index in [1.165, 1.54) is 22.8 Å². The molecule has 2 aromatic heterocycles. The van der Waals surface area contributed by atoms with Gasteiger partial charge in [0.1, 0.15) is 17.1 Å². The SMILES string of the molecule is CN1Cc2c(C3=CCN(C4CCC(=CC(=O)OC(C)(C)C)CC4)CC3)[nH]c3nccc(c23)-c2cc(F)ccc21. The Labute approximate surface area is 229 Å². The third kappa shape index (κ3) is 5.12. The number of allylic oxidation sites excluding steroid dienone is 1. The van der Waals surface area contributed by atoms with Gasteiger partial charge in [0.05, 0.1) is 0 Å². The fourth-order valence-electron chi connectivity index (χ4n) is 6.44. The zero-order chi connectivity index (χ0) is 27.3. The molecule has 39 heavy (non-hydrogen) atoms. The standard InChI is InChI=1S/C32H37FN4O2/c1-32(2,3)39-28(38)17-20-5-8-23(9-6-20)37-15-12-21(13-16-37)30-26-19-36(4)27-10-7-22(33)18-25(27)24-11-14-34-31(35-30)29(24)26/h7,10-12,14,17-18,23H,5-6,8-9,13,15-16,19H2,1-4H3,(H,34,35). The van der Waals surface area contributed by atoms with Gasteiger partial charge in [0.2, 0.25) is 0 Å². The third-order valence-electron chi connectivity index (χ3n) is 8.26. The molecule has 0 unspecified atom stereocenters. The summed E-state index contributed by atoms with van der Waals surface area (Å²) in [4.78, 5) is 25.3. The fraction of sp³-hybridized carbons (Fsp3) is 0.438. The number of aromatic amines is 1. The van der Waals surface area contributed by atoms with Crippen molar-refractivity contribution in [2.24, 2.45) is 0 Å². The molecule has 4 heterocycles. The van der Waals surface area contributed by atoms with E-state index in [9.17, 15) is 9.18 Å². The van der Waals surface area contributed by atoms with E-state index in [0.29, 0.717) is 6.04 Å². The van der Waals surface area contributed by atoms with Crippen molar-refractivity contribution in [2.45, 2.75) is 71.1 Å². The van der Waals surface area contributed by atoms with Crippen LogP contribution in [0.25, 0.3) is 27.7 Å². The first kappa shape index (κ1) is 25.8. The predicted octanol–water partition coefficient (Wildman–Crippen LogP) is 6.62. The van der Waals surface area contributed by atoms with Gasteiger partial charge in [0.15, 0.2) is 0 Å². The Balaban J connectivity index is 1.19. The van der Waals surface area contributed by atoms with E-state index >= 15 is 0 Å². The number of esters is 1. The zero-order valence-corrected chi connectivity index (χ0v) is 23.3. The van der Waals surface area contributed by atoms with Crippen LogP contribution in [0.2, 0.25) is 0 Å². The minimum atomic E-state index is -0.458. The Bertz CT molecular complexity index is 1490. The van der Waals surface area contributed by atoms with Crippen molar-refractivity contribution in [3.8, 4) is 11.1 Å².